The van der Waals surface area contributed by atoms with Gasteiger partial charge in [0.05, 0.1) is 16.5 Å². The number of methoxy groups -OCH3 is 1. The normalized spacial score (nSPS) is 9.94. The molecule has 1 aromatic carbocycles. The van der Waals surface area contributed by atoms with E-state index < -0.39 is 10.9 Å². The molecule has 0 heterocycles. The molecule has 0 N–H and O–H groups in total. The Morgan fingerprint density at radius 2 is 2.19 bits per heavy atom. The van der Waals surface area contributed by atoms with Crippen molar-refractivity contribution in [3.63, 3.8) is 0 Å². The summed E-state index contributed by atoms with van der Waals surface area (Å²) in [5.41, 5.74) is 0.408. The summed E-state index contributed by atoms with van der Waals surface area (Å²) in [4.78, 5) is 21.6. The summed E-state index contributed by atoms with van der Waals surface area (Å²) < 4.78 is 4.76. The largest absolute Gasteiger partial charge is 0.465 e. The molecule has 0 unspecified atom stereocenters. The smallest absolute Gasteiger partial charge is 0.344 e. The summed E-state index contributed by atoms with van der Waals surface area (Å²) >= 11 is 6.28. The Hall–Kier alpha value is -0.950. The fourth-order valence-electron chi connectivity index (χ4n) is 1.18. The number of carbonyl (C=O) groups excluding carboxylic acids is 1. The minimum atomic E-state index is -0.727. The first-order valence-electron chi connectivity index (χ1n) is 4.12. The molecule has 0 aliphatic rings. The van der Waals surface area contributed by atoms with E-state index in [1.54, 1.807) is 6.07 Å². The maximum atomic E-state index is 11.4. The van der Waals surface area contributed by atoms with E-state index in [0.29, 0.717) is 5.33 Å². The Morgan fingerprint density at radius 1 is 1.56 bits per heavy atom. The van der Waals surface area contributed by atoms with Crippen LogP contribution < -0.4 is 0 Å². The van der Waals surface area contributed by atoms with Crippen LogP contribution in [0.25, 0.3) is 0 Å². The fourth-order valence-corrected chi connectivity index (χ4v) is 2.16. The Bertz CT molecular complexity index is 447. The standard InChI is InChI=1S/C9H7Br2NO4/c1-16-9(13)6-2-5(4-10)3-7(11)8(6)12(14)15/h2-3H,4H2,1H3. The molecule has 16 heavy (non-hydrogen) atoms. The second kappa shape index (κ2) is 5.40. The van der Waals surface area contributed by atoms with Crippen molar-refractivity contribution in [2.24, 2.45) is 0 Å². The number of hydrogen-bond donors (Lipinski definition) is 0. The first kappa shape index (κ1) is 13.1. The predicted octanol–water partition coefficient (Wildman–Crippen LogP) is 3.04. The van der Waals surface area contributed by atoms with Crippen LogP contribution in [0.1, 0.15) is 15.9 Å². The minimum Gasteiger partial charge on any atom is -0.465 e. The number of benzene rings is 1. The van der Waals surface area contributed by atoms with E-state index >= 15 is 0 Å². The topological polar surface area (TPSA) is 69.4 Å². The number of nitro benzene ring substituents is 1. The monoisotopic (exact) mass is 351 g/mol. The summed E-state index contributed by atoms with van der Waals surface area (Å²) in [6.45, 7) is 0. The van der Waals surface area contributed by atoms with Crippen molar-refractivity contribution in [1.29, 1.82) is 0 Å². The van der Waals surface area contributed by atoms with Gasteiger partial charge in [0.15, 0.2) is 0 Å². The van der Waals surface area contributed by atoms with Gasteiger partial charge in [-0.2, -0.15) is 0 Å². The molecule has 0 aliphatic carbocycles. The molecule has 0 saturated carbocycles. The molecule has 0 aromatic heterocycles. The molecule has 0 radical (unpaired) electrons. The Morgan fingerprint density at radius 3 is 2.62 bits per heavy atom. The maximum absolute atomic E-state index is 11.4. The Balaban J connectivity index is 3.46. The number of nitrogens with zero attached hydrogens (tertiary/aromatic N) is 1. The number of nitro groups is 1. The second-order valence-corrected chi connectivity index (χ2v) is 4.27. The zero-order valence-corrected chi connectivity index (χ0v) is 11.4. The van der Waals surface area contributed by atoms with E-state index in [4.69, 9.17) is 0 Å². The van der Waals surface area contributed by atoms with Crippen molar-refractivity contribution < 1.29 is 14.5 Å². The molecule has 0 atom stereocenters. The Kier molecular flexibility index (Phi) is 4.43. The van der Waals surface area contributed by atoms with E-state index in [2.05, 4.69) is 36.6 Å². The highest BCUT2D eigenvalue weighted by molar-refractivity contribution is 9.10. The average Bonchev–Trinajstić information content (AvgIpc) is 2.26. The van der Waals surface area contributed by atoms with Crippen LogP contribution in [0.4, 0.5) is 5.69 Å². The Labute approximate surface area is 108 Å². The number of hydrogen-bond acceptors (Lipinski definition) is 4. The molecule has 5 nitrogen and oxygen atoms in total. The van der Waals surface area contributed by atoms with Gasteiger partial charge in [-0.1, -0.05) is 15.9 Å². The summed E-state index contributed by atoms with van der Waals surface area (Å²) in [7, 11) is 1.18. The average molecular weight is 353 g/mol. The lowest BCUT2D eigenvalue weighted by atomic mass is 10.1. The van der Waals surface area contributed by atoms with Gasteiger partial charge in [0.1, 0.15) is 5.56 Å². The van der Waals surface area contributed by atoms with Gasteiger partial charge in [0.25, 0.3) is 5.69 Å². The van der Waals surface area contributed by atoms with Crippen LogP contribution in [-0.4, -0.2) is 18.0 Å². The minimum absolute atomic E-state index is 0.0590. The third-order valence-electron chi connectivity index (χ3n) is 1.87. The number of esters is 1. The van der Waals surface area contributed by atoms with Crippen molar-refractivity contribution in [3.8, 4) is 0 Å². The van der Waals surface area contributed by atoms with Crippen LogP contribution in [0.3, 0.4) is 0 Å². The van der Waals surface area contributed by atoms with Gasteiger partial charge < -0.3 is 4.74 Å². The molecular formula is C9H7Br2NO4. The van der Waals surface area contributed by atoms with Crippen LogP contribution in [0, 0.1) is 10.1 Å². The first-order chi connectivity index (χ1) is 7.51. The summed E-state index contributed by atoms with van der Waals surface area (Å²) in [5.74, 6) is -0.727. The lowest BCUT2D eigenvalue weighted by molar-refractivity contribution is -0.386. The number of rotatable bonds is 3. The van der Waals surface area contributed by atoms with Crippen LogP contribution in [0.15, 0.2) is 16.6 Å². The lowest BCUT2D eigenvalue weighted by Gasteiger charge is -2.05. The third kappa shape index (κ3) is 2.59. The highest BCUT2D eigenvalue weighted by Crippen LogP contribution is 2.31. The van der Waals surface area contributed by atoms with Crippen molar-refractivity contribution in [3.05, 3.63) is 37.8 Å². The number of halogens is 2. The van der Waals surface area contributed by atoms with Gasteiger partial charge in [-0.25, -0.2) is 4.79 Å². The van der Waals surface area contributed by atoms with Crippen molar-refractivity contribution >= 4 is 43.5 Å². The van der Waals surface area contributed by atoms with Gasteiger partial charge in [-0.05, 0) is 33.6 Å². The highest BCUT2D eigenvalue weighted by Gasteiger charge is 2.25. The molecule has 0 bridgehead atoms. The van der Waals surface area contributed by atoms with Crippen molar-refractivity contribution in [2.45, 2.75) is 5.33 Å². The maximum Gasteiger partial charge on any atom is 0.344 e. The second-order valence-electron chi connectivity index (χ2n) is 2.86. The van der Waals surface area contributed by atoms with E-state index in [9.17, 15) is 14.9 Å². The molecule has 0 amide bonds. The molecule has 0 spiro atoms. The lowest BCUT2D eigenvalue weighted by Crippen LogP contribution is -2.07. The predicted molar refractivity (Wildman–Crippen MR) is 64.8 cm³/mol. The van der Waals surface area contributed by atoms with E-state index in [1.165, 1.54) is 13.2 Å². The SMILES string of the molecule is COC(=O)c1cc(CBr)cc(Br)c1[N+](=O)[O-]. The zero-order valence-electron chi connectivity index (χ0n) is 8.20. The molecule has 86 valence electrons. The summed E-state index contributed by atoms with van der Waals surface area (Å²) in [6.07, 6.45) is 0. The quantitative estimate of drug-likeness (QED) is 0.363. The molecular weight excluding hydrogens is 346 g/mol. The summed E-state index contributed by atoms with van der Waals surface area (Å²) in [5, 5.41) is 11.3. The fraction of sp³-hybridized carbons (Fsp3) is 0.222. The molecule has 0 fully saturated rings. The van der Waals surface area contributed by atoms with Crippen LogP contribution in [0.2, 0.25) is 0 Å². The van der Waals surface area contributed by atoms with Crippen molar-refractivity contribution in [2.75, 3.05) is 7.11 Å². The van der Waals surface area contributed by atoms with Crippen LogP contribution >= 0.6 is 31.9 Å². The molecule has 0 aliphatic heterocycles. The van der Waals surface area contributed by atoms with E-state index in [1.807, 2.05) is 0 Å². The van der Waals surface area contributed by atoms with E-state index in [0.717, 1.165) is 5.56 Å². The van der Waals surface area contributed by atoms with Crippen LogP contribution in [-0.2, 0) is 10.1 Å². The zero-order chi connectivity index (χ0) is 12.3. The molecule has 0 saturated heterocycles. The number of carbonyl (C=O) groups is 1. The van der Waals surface area contributed by atoms with Gasteiger partial charge in [-0.15, -0.1) is 0 Å². The van der Waals surface area contributed by atoms with Gasteiger partial charge in [-0.3, -0.25) is 10.1 Å². The van der Waals surface area contributed by atoms with Crippen LogP contribution in [0.5, 0.6) is 0 Å². The van der Waals surface area contributed by atoms with Crippen molar-refractivity contribution in [1.82, 2.24) is 0 Å². The van der Waals surface area contributed by atoms with Gasteiger partial charge in [0.2, 0.25) is 0 Å². The number of ether oxygens (including phenoxy) is 1. The molecule has 1 rings (SSSR count). The molecule has 7 heteroatoms. The van der Waals surface area contributed by atoms with Gasteiger partial charge in [0, 0.05) is 5.33 Å². The van der Waals surface area contributed by atoms with E-state index in [-0.39, 0.29) is 15.7 Å². The third-order valence-corrected chi connectivity index (χ3v) is 3.12. The highest BCUT2D eigenvalue weighted by atomic mass is 79.9. The molecule has 1 aromatic rings. The number of alkyl halides is 1. The first-order valence-corrected chi connectivity index (χ1v) is 6.03. The summed E-state index contributed by atoms with van der Waals surface area (Å²) in [6, 6.07) is 3.02. The van der Waals surface area contributed by atoms with Gasteiger partial charge >= 0.3 is 5.97 Å².